The van der Waals surface area contributed by atoms with Crippen molar-refractivity contribution in [3.05, 3.63) is 66.2 Å². The molecule has 0 aliphatic carbocycles. The summed E-state index contributed by atoms with van der Waals surface area (Å²) in [5, 5.41) is 0. The number of aromatic nitrogens is 6. The summed E-state index contributed by atoms with van der Waals surface area (Å²) in [6.07, 6.45) is 37.9. The molecule has 2 aromatic rings. The van der Waals surface area contributed by atoms with Crippen LogP contribution in [0.3, 0.4) is 0 Å². The second kappa shape index (κ2) is 29.1. The molecule has 0 aliphatic rings. The highest BCUT2D eigenvalue weighted by Crippen LogP contribution is 2.28. The molecular weight excluding hydrogens is 693 g/mol. The van der Waals surface area contributed by atoms with Gasteiger partial charge in [-0.05, 0) is 77.0 Å². The number of nitrogens with zero attached hydrogens (tertiary/aromatic N) is 4. The van der Waals surface area contributed by atoms with E-state index < -0.39 is 22.8 Å². The van der Waals surface area contributed by atoms with Crippen LogP contribution in [0.1, 0.15) is 207 Å². The topological polar surface area (TPSA) is 120 Å². The number of hydrogen-bond acceptors (Lipinski definition) is 6. The Morgan fingerprint density at radius 3 is 1.10 bits per heavy atom. The lowest BCUT2D eigenvalue weighted by Crippen LogP contribution is -2.29. The van der Waals surface area contributed by atoms with E-state index in [9.17, 15) is 19.2 Å². The van der Waals surface area contributed by atoms with Crippen LogP contribution >= 0.6 is 22.0 Å². The molecular formula is C40H72N6O4S2. The average molecular weight is 765 g/mol. The molecule has 10 nitrogen and oxygen atoms in total. The van der Waals surface area contributed by atoms with Gasteiger partial charge in [-0.25, -0.2) is 28.5 Å². The van der Waals surface area contributed by atoms with Gasteiger partial charge in [0.25, 0.3) is 0 Å². The molecule has 2 aromatic heterocycles. The molecule has 2 unspecified atom stereocenters. The predicted molar refractivity (Wildman–Crippen MR) is 224 cm³/mol. The first-order valence-electron chi connectivity index (χ1n) is 20.9. The van der Waals surface area contributed by atoms with Gasteiger partial charge in [0.2, 0.25) is 0 Å². The minimum absolute atomic E-state index is 0.144. The largest absolute Gasteiger partial charge is 0.355 e. The molecule has 0 aromatic carbocycles. The van der Waals surface area contributed by atoms with Crippen molar-refractivity contribution in [2.45, 2.75) is 207 Å². The van der Waals surface area contributed by atoms with Crippen LogP contribution < -0.4 is 22.8 Å². The van der Waals surface area contributed by atoms with Gasteiger partial charge in [-0.3, -0.25) is 9.97 Å². The number of rotatable bonds is 33. The summed E-state index contributed by atoms with van der Waals surface area (Å²) in [4.78, 5) is 57.0. The van der Waals surface area contributed by atoms with E-state index in [1.54, 1.807) is 0 Å². The van der Waals surface area contributed by atoms with Crippen molar-refractivity contribution in [2.75, 3.05) is 0 Å². The third-order valence-electron chi connectivity index (χ3n) is 9.79. The lowest BCUT2D eigenvalue weighted by Gasteiger charge is -2.21. The first-order valence-corrected chi connectivity index (χ1v) is 23.0. The van der Waals surface area contributed by atoms with E-state index in [0.29, 0.717) is 0 Å². The van der Waals surface area contributed by atoms with Crippen molar-refractivity contribution >= 4 is 22.0 Å². The van der Waals surface area contributed by atoms with E-state index >= 15 is 0 Å². The maximum absolute atomic E-state index is 13.0. The van der Waals surface area contributed by atoms with Crippen molar-refractivity contribution in [1.82, 2.24) is 27.5 Å². The van der Waals surface area contributed by atoms with E-state index in [1.165, 1.54) is 94.6 Å². The van der Waals surface area contributed by atoms with Crippen LogP contribution in [0.2, 0.25) is 0 Å². The van der Waals surface area contributed by atoms with Gasteiger partial charge in [-0.1, -0.05) is 142 Å². The average Bonchev–Trinajstić information content (AvgIpc) is 3.57. The molecule has 52 heavy (non-hydrogen) atoms. The molecule has 0 spiro atoms. The van der Waals surface area contributed by atoms with Gasteiger partial charge in [-0.15, -0.1) is 0 Å². The standard InChI is InChI=1S/C40H72N6O4S2/c1-5-9-11-13-15-17-19-21-23-25-27-29-33-35(31-7-3)43-37(47)41-39(49)45(43)51-52-46-40(50)42-38(48)44(46)36(32-8-4)34-30-28-26-24-22-20-18-16-14-12-10-6-2/h21-24,35-36H,5-20,25-34H2,1-4H3,(H,41,47,49)(H,42,48,50)/b23-21-,24-22-. The second-order valence-electron chi connectivity index (χ2n) is 14.4. The van der Waals surface area contributed by atoms with Gasteiger partial charge in [0.05, 0.1) is 34.0 Å². The monoisotopic (exact) mass is 765 g/mol. The third kappa shape index (κ3) is 17.7. The minimum atomic E-state index is -0.534. The highest BCUT2D eigenvalue weighted by Gasteiger charge is 2.23. The second-order valence-corrected chi connectivity index (χ2v) is 16.2. The van der Waals surface area contributed by atoms with E-state index in [0.717, 1.165) is 112 Å². The summed E-state index contributed by atoms with van der Waals surface area (Å²) in [6.45, 7) is 8.66. The van der Waals surface area contributed by atoms with Crippen molar-refractivity contribution in [3.63, 3.8) is 0 Å². The van der Waals surface area contributed by atoms with Crippen LogP contribution in [0.15, 0.2) is 43.5 Å². The van der Waals surface area contributed by atoms with E-state index in [-0.39, 0.29) is 12.1 Å². The van der Waals surface area contributed by atoms with Crippen LogP contribution in [0.25, 0.3) is 0 Å². The molecule has 12 heteroatoms. The Kier molecular flexibility index (Phi) is 25.6. The lowest BCUT2D eigenvalue weighted by atomic mass is 10.0. The number of aromatic amines is 2. The summed E-state index contributed by atoms with van der Waals surface area (Å²) in [7, 11) is 2.00. The number of nitrogens with one attached hydrogen (secondary N) is 2. The Labute approximate surface area is 321 Å². The first kappa shape index (κ1) is 45.8. The number of allylic oxidation sites excluding steroid dienone is 4. The highest BCUT2D eigenvalue weighted by molar-refractivity contribution is 8.75. The third-order valence-corrected chi connectivity index (χ3v) is 11.9. The minimum Gasteiger partial charge on any atom is -0.256 e. The molecule has 2 N–H and O–H groups in total. The molecule has 0 fully saturated rings. The van der Waals surface area contributed by atoms with Crippen LogP contribution in [0.4, 0.5) is 0 Å². The maximum atomic E-state index is 13.0. The first-order chi connectivity index (χ1) is 25.4. The number of hydrogen-bond donors (Lipinski definition) is 2. The van der Waals surface area contributed by atoms with Crippen LogP contribution in [-0.4, -0.2) is 27.5 Å². The van der Waals surface area contributed by atoms with Gasteiger partial charge in [0.15, 0.2) is 0 Å². The smallest absolute Gasteiger partial charge is 0.256 e. The number of unbranched alkanes of at least 4 members (excludes halogenated alkanes) is 16. The summed E-state index contributed by atoms with van der Waals surface area (Å²) in [6, 6.07) is -0.288. The van der Waals surface area contributed by atoms with E-state index in [4.69, 9.17) is 0 Å². The number of H-pyrrole nitrogens is 2. The van der Waals surface area contributed by atoms with Crippen molar-refractivity contribution < 1.29 is 0 Å². The van der Waals surface area contributed by atoms with Gasteiger partial charge in [0, 0.05) is 0 Å². The van der Waals surface area contributed by atoms with Gasteiger partial charge in [-0.2, -0.15) is 8.17 Å². The summed E-state index contributed by atoms with van der Waals surface area (Å²) in [5.74, 6) is 0. The molecule has 2 atom stereocenters. The van der Waals surface area contributed by atoms with Gasteiger partial charge < -0.3 is 0 Å². The zero-order valence-corrected chi connectivity index (χ0v) is 34.7. The summed E-state index contributed by atoms with van der Waals surface area (Å²) >= 11 is 0. The van der Waals surface area contributed by atoms with E-state index in [1.807, 2.05) is 0 Å². The lowest BCUT2D eigenvalue weighted by molar-refractivity contribution is 0.361. The highest BCUT2D eigenvalue weighted by atomic mass is 33.1. The molecule has 0 amide bonds. The summed E-state index contributed by atoms with van der Waals surface area (Å²) < 4.78 is 5.69. The molecule has 2 heterocycles. The van der Waals surface area contributed by atoms with Crippen LogP contribution in [0.5, 0.6) is 0 Å². The summed E-state index contributed by atoms with van der Waals surface area (Å²) in [5.41, 5.74) is -1.96. The molecule has 0 bridgehead atoms. The molecule has 0 saturated heterocycles. The molecule has 298 valence electrons. The fourth-order valence-corrected chi connectivity index (χ4v) is 9.00. The normalized spacial score (nSPS) is 13.2. The molecule has 0 aliphatic heterocycles. The SMILES string of the molecule is CCCCCCCC/C=C\CCCCC(CCC)n1c(=O)[nH]c(=O)n1SSn1c(=O)[nH]c(=O)n1C(CCC)CCCC/C=C\CCCCCCCC. The van der Waals surface area contributed by atoms with Crippen LogP contribution in [-0.2, 0) is 0 Å². The molecule has 0 radical (unpaired) electrons. The Morgan fingerprint density at radius 2 is 0.750 bits per heavy atom. The maximum Gasteiger partial charge on any atom is 0.355 e. The Hall–Kier alpha value is -2.34. The van der Waals surface area contributed by atoms with Gasteiger partial charge >= 0.3 is 22.8 Å². The van der Waals surface area contributed by atoms with Crippen molar-refractivity contribution in [2.24, 2.45) is 0 Å². The Balaban J connectivity index is 1.97. The van der Waals surface area contributed by atoms with Crippen molar-refractivity contribution in [3.8, 4) is 0 Å². The fourth-order valence-electron chi connectivity index (χ4n) is 6.87. The Bertz CT molecular complexity index is 1370. The molecule has 0 saturated carbocycles. The molecule has 2 rings (SSSR count). The van der Waals surface area contributed by atoms with E-state index in [2.05, 4.69) is 62.0 Å². The van der Waals surface area contributed by atoms with Crippen LogP contribution in [0, 0.1) is 0 Å². The van der Waals surface area contributed by atoms with Gasteiger partial charge in [0.1, 0.15) is 0 Å². The Morgan fingerprint density at radius 1 is 0.423 bits per heavy atom. The zero-order chi connectivity index (χ0) is 37.8. The zero-order valence-electron chi connectivity index (χ0n) is 33.1. The predicted octanol–water partition coefficient (Wildman–Crippen LogP) is 11.0. The fraction of sp³-hybridized carbons (Fsp3) is 0.800. The quantitative estimate of drug-likeness (QED) is 0.0424. The van der Waals surface area contributed by atoms with Crippen molar-refractivity contribution in [1.29, 1.82) is 0 Å².